The summed E-state index contributed by atoms with van der Waals surface area (Å²) in [7, 11) is 0. The maximum Gasteiger partial charge on any atom is 0.220 e. The highest BCUT2D eigenvalue weighted by molar-refractivity contribution is 7.27. The van der Waals surface area contributed by atoms with Crippen LogP contribution in [0.3, 0.4) is 0 Å². The van der Waals surface area contributed by atoms with Crippen molar-refractivity contribution in [2.75, 3.05) is 0 Å². The zero-order chi connectivity index (χ0) is 57.8. The fourth-order valence-electron chi connectivity index (χ4n) is 13.0. The monoisotopic (exact) mass is 1070 g/mol. The molecule has 5 aromatic heterocycles. The van der Waals surface area contributed by atoms with Crippen LogP contribution in [0, 0.1) is 17.9 Å². The lowest BCUT2D eigenvalue weighted by Crippen LogP contribution is -2.09. The van der Waals surface area contributed by atoms with E-state index >= 15 is 0 Å². The Bertz CT molecular complexity index is 5910. The van der Waals surface area contributed by atoms with Gasteiger partial charge < -0.3 is 13.6 Å². The summed E-state index contributed by atoms with van der Waals surface area (Å²) in [6.07, 6.45) is 0. The van der Waals surface area contributed by atoms with Gasteiger partial charge >= 0.3 is 0 Å². The highest BCUT2D eigenvalue weighted by atomic mass is 32.1. The van der Waals surface area contributed by atoms with E-state index in [2.05, 4.69) is 129 Å². The van der Waals surface area contributed by atoms with Crippen molar-refractivity contribution in [2.45, 2.75) is 0 Å². The van der Waals surface area contributed by atoms with Crippen LogP contribution in [0.2, 0.25) is 0 Å². The van der Waals surface area contributed by atoms with Gasteiger partial charge in [0, 0.05) is 74.4 Å². The van der Waals surface area contributed by atoms with Gasteiger partial charge in [0.25, 0.3) is 0 Å². The predicted molar refractivity (Wildman–Crippen MR) is 341 cm³/mol. The molecular weight excluding hydrogens is 1020 g/mol. The van der Waals surface area contributed by atoms with E-state index in [4.69, 9.17) is 8.53 Å². The molecule has 374 valence electrons. The summed E-state index contributed by atoms with van der Waals surface area (Å²) < 4.78 is 59.4. The van der Waals surface area contributed by atoms with Crippen molar-refractivity contribution in [3.63, 3.8) is 0 Å². The lowest BCUT2D eigenvalue weighted by molar-refractivity contribution is 0.669. The van der Waals surface area contributed by atoms with Crippen molar-refractivity contribution >= 4 is 134 Å². The van der Waals surface area contributed by atoms with Crippen molar-refractivity contribution in [1.29, 1.82) is 5.26 Å². The van der Waals surface area contributed by atoms with Crippen LogP contribution in [0.4, 0.5) is 5.69 Å². The molecule has 17 aromatic rings. The SMILES string of the molecule is [2H]c1c([2H])c([2H])c(-c2cccc3sc4c(ccc5c6ccc7c8ccccc8sc7c6n(-c6c(C#N)c(-c7ccccc7)c([N+]#[C-])c(-n7c8ccccc8c8ccc(-c9cccc%10oc%11ccccc%11c9%10)cc87)c6-c6ccccc6)c54)c23)c([2H])c1[2H]. The molecule has 0 fully saturated rings. The van der Waals surface area contributed by atoms with Gasteiger partial charge in [-0.25, -0.2) is 4.85 Å². The third-order valence-electron chi connectivity index (χ3n) is 16.3. The summed E-state index contributed by atoms with van der Waals surface area (Å²) in [6, 6.07) is 73.2. The quantitative estimate of drug-likeness (QED) is 0.156. The van der Waals surface area contributed by atoms with Crippen LogP contribution in [0.15, 0.2) is 247 Å². The first-order valence-electron chi connectivity index (χ1n) is 29.1. The Morgan fingerprint density at radius 3 is 1.79 bits per heavy atom. The third-order valence-corrected chi connectivity index (χ3v) is 18.6. The highest BCUT2D eigenvalue weighted by Gasteiger charge is 2.33. The third kappa shape index (κ3) is 6.45. The molecule has 0 aliphatic rings. The Kier molecular flexibility index (Phi) is 8.77. The molecule has 0 saturated heterocycles. The first kappa shape index (κ1) is 40.6. The van der Waals surface area contributed by atoms with Crippen molar-refractivity contribution in [2.24, 2.45) is 0 Å². The van der Waals surface area contributed by atoms with Gasteiger partial charge in [0.15, 0.2) is 0 Å². The second-order valence-electron chi connectivity index (χ2n) is 20.4. The number of fused-ring (bicyclic) bond motifs is 17. The van der Waals surface area contributed by atoms with Gasteiger partial charge in [-0.2, -0.15) is 5.26 Å². The molecule has 0 amide bonds. The molecule has 0 aliphatic carbocycles. The van der Waals surface area contributed by atoms with Crippen LogP contribution in [0.1, 0.15) is 12.4 Å². The standard InChI is InChI=1S/C74H40N4OS2/c1-76-68-64(44-21-7-3-8-22-44)57(42-75)69(78-70-52(37-39-54-51-26-13-16-33-62(51)80-73(54)70)53-38-40-56-67-47(43-19-5-2-6-20-43)29-18-34-63(67)81-74(56)71(53)78)65(45-23-9-4-10-24-45)72(68)77-58-30-14-11-25-49(58)50-36-35-46(41-59(50)77)48-28-17-32-61-66(48)55-27-12-15-31-60(55)79-61/h2-41H/i2D,5D,6D,19D,20D. The number of hydrogen-bond donors (Lipinski definition) is 0. The number of nitrogens with zero attached hydrogens (tertiary/aromatic N) is 4. The summed E-state index contributed by atoms with van der Waals surface area (Å²) in [4.78, 5) is 4.63. The minimum Gasteiger partial charge on any atom is -0.456 e. The van der Waals surface area contributed by atoms with E-state index in [1.165, 1.54) is 0 Å². The van der Waals surface area contributed by atoms with Gasteiger partial charge in [-0.3, -0.25) is 0 Å². The van der Waals surface area contributed by atoms with Crippen LogP contribution in [-0.2, 0) is 0 Å². The smallest absolute Gasteiger partial charge is 0.220 e. The largest absolute Gasteiger partial charge is 0.456 e. The van der Waals surface area contributed by atoms with E-state index in [1.54, 1.807) is 22.7 Å². The van der Waals surface area contributed by atoms with E-state index in [9.17, 15) is 14.6 Å². The minimum absolute atomic E-state index is 0.128. The fourth-order valence-corrected chi connectivity index (χ4v) is 15.5. The Morgan fingerprint density at radius 2 is 1.02 bits per heavy atom. The number of hydrogen-bond acceptors (Lipinski definition) is 4. The summed E-state index contributed by atoms with van der Waals surface area (Å²) >= 11 is 3.28. The summed E-state index contributed by atoms with van der Waals surface area (Å²) in [5.74, 6) is 0. The molecular formula is C74H40N4OS2. The van der Waals surface area contributed by atoms with Gasteiger partial charge in [0.2, 0.25) is 5.69 Å². The number of benzene rings is 12. The van der Waals surface area contributed by atoms with Gasteiger partial charge in [0.05, 0.1) is 61.8 Å². The zero-order valence-corrected chi connectivity index (χ0v) is 44.4. The van der Waals surface area contributed by atoms with Crippen LogP contribution in [0.25, 0.3) is 167 Å². The number of thiophene rings is 2. The van der Waals surface area contributed by atoms with Crippen LogP contribution in [0.5, 0.6) is 0 Å². The fraction of sp³-hybridized carbons (Fsp3) is 0. The van der Waals surface area contributed by atoms with Gasteiger partial charge in [-0.05, 0) is 69.8 Å². The maximum atomic E-state index is 12.4. The van der Waals surface area contributed by atoms with E-state index in [0.717, 1.165) is 123 Å². The predicted octanol–water partition coefficient (Wildman–Crippen LogP) is 21.6. The number of para-hydroxylation sites is 2. The number of aromatic nitrogens is 2. The molecule has 0 unspecified atom stereocenters. The second kappa shape index (κ2) is 17.5. The van der Waals surface area contributed by atoms with E-state index in [1.807, 2.05) is 103 Å². The van der Waals surface area contributed by atoms with Crippen molar-refractivity contribution in [3.8, 4) is 62.0 Å². The Hall–Kier alpha value is -10.5. The number of rotatable bonds is 6. The average Bonchev–Trinajstić information content (AvgIpc) is 1.51. The molecule has 81 heavy (non-hydrogen) atoms. The van der Waals surface area contributed by atoms with Gasteiger partial charge in [-0.1, -0.05) is 206 Å². The lowest BCUT2D eigenvalue weighted by Gasteiger charge is -2.26. The number of furan rings is 1. The Labute approximate surface area is 478 Å². The maximum absolute atomic E-state index is 12.4. The van der Waals surface area contributed by atoms with E-state index < -0.39 is 18.1 Å². The summed E-state index contributed by atoms with van der Waals surface area (Å²) in [6.45, 7) is 9.58. The van der Waals surface area contributed by atoms with E-state index in [-0.39, 0.29) is 17.6 Å². The Morgan fingerprint density at radius 1 is 0.444 bits per heavy atom. The molecule has 0 radical (unpaired) electrons. The van der Waals surface area contributed by atoms with Crippen LogP contribution in [-0.4, -0.2) is 9.13 Å². The average molecular weight is 1070 g/mol. The highest BCUT2D eigenvalue weighted by Crippen LogP contribution is 2.55. The molecule has 7 heteroatoms. The molecule has 0 atom stereocenters. The van der Waals surface area contributed by atoms with Crippen LogP contribution < -0.4 is 0 Å². The molecule has 0 N–H and O–H groups in total. The Balaban J connectivity index is 1.11. The molecule has 0 spiro atoms. The van der Waals surface area contributed by atoms with Crippen molar-refractivity contribution in [1.82, 2.24) is 9.13 Å². The number of nitriles is 1. The summed E-state index contributed by atoms with van der Waals surface area (Å²) in [5, 5.41) is 22.1. The van der Waals surface area contributed by atoms with Crippen molar-refractivity contribution < 1.29 is 11.3 Å². The first-order chi connectivity index (χ1) is 42.2. The van der Waals surface area contributed by atoms with E-state index in [0.29, 0.717) is 44.9 Å². The molecule has 0 aliphatic heterocycles. The molecule has 0 bridgehead atoms. The topological polar surface area (TPSA) is 51.1 Å². The van der Waals surface area contributed by atoms with Gasteiger partial charge in [0.1, 0.15) is 17.2 Å². The second-order valence-corrected chi connectivity index (χ2v) is 22.5. The van der Waals surface area contributed by atoms with Crippen molar-refractivity contribution in [3.05, 3.63) is 260 Å². The molecule has 5 nitrogen and oxygen atoms in total. The molecule has 17 rings (SSSR count). The molecule has 5 heterocycles. The summed E-state index contributed by atoms with van der Waals surface area (Å²) in [5.41, 5.74) is 12.2. The zero-order valence-electron chi connectivity index (χ0n) is 47.7. The normalized spacial score (nSPS) is 12.8. The van der Waals surface area contributed by atoms with Gasteiger partial charge in [-0.15, -0.1) is 22.7 Å². The first-order valence-corrected chi connectivity index (χ1v) is 28.2. The van der Waals surface area contributed by atoms with Crippen LogP contribution >= 0.6 is 22.7 Å². The lowest BCUT2D eigenvalue weighted by atomic mass is 9.88. The minimum atomic E-state index is -0.451. The molecule has 12 aromatic carbocycles. The molecule has 0 saturated carbocycles.